The molecule has 2 aliphatic rings. The minimum atomic E-state index is -0.378. The topological polar surface area (TPSA) is 115 Å². The number of carbonyl (C=O) groups is 2. The Morgan fingerprint density at radius 1 is 0.902 bits per heavy atom. The Morgan fingerprint density at radius 2 is 1.66 bits per heavy atom. The van der Waals surface area contributed by atoms with E-state index in [9.17, 15) is 9.59 Å². The molecule has 0 unspecified atom stereocenters. The van der Waals surface area contributed by atoms with Gasteiger partial charge < -0.3 is 24.8 Å². The number of halogens is 1. The van der Waals surface area contributed by atoms with Crippen molar-refractivity contribution in [1.29, 1.82) is 0 Å². The molecule has 4 aromatic rings. The average molecular weight is 574 g/mol. The minimum Gasteiger partial charge on any atom is -0.486 e. The number of nitrogens with zero attached hydrogens (tertiary/aromatic N) is 3. The Bertz CT molecular complexity index is 1610. The van der Waals surface area contributed by atoms with Crippen molar-refractivity contribution in [2.75, 3.05) is 50.1 Å². The van der Waals surface area contributed by atoms with Gasteiger partial charge in [-0.15, -0.1) is 0 Å². The van der Waals surface area contributed by atoms with Crippen molar-refractivity contribution in [2.45, 2.75) is 12.8 Å². The van der Waals surface area contributed by atoms with Crippen LogP contribution in [0.25, 0.3) is 10.9 Å². The first-order chi connectivity index (χ1) is 20.0. The van der Waals surface area contributed by atoms with Crippen LogP contribution in [0.3, 0.4) is 0 Å². The zero-order chi connectivity index (χ0) is 28.2. The summed E-state index contributed by atoms with van der Waals surface area (Å²) in [7, 11) is 0. The van der Waals surface area contributed by atoms with E-state index >= 15 is 0 Å². The van der Waals surface area contributed by atoms with Crippen LogP contribution in [0.5, 0.6) is 17.4 Å². The van der Waals surface area contributed by atoms with Gasteiger partial charge in [-0.25, -0.2) is 9.97 Å². The van der Waals surface area contributed by atoms with Gasteiger partial charge in [-0.1, -0.05) is 11.6 Å². The van der Waals surface area contributed by atoms with E-state index in [2.05, 4.69) is 25.5 Å². The molecular weight excluding hydrogens is 546 g/mol. The molecule has 1 fully saturated rings. The number of aromatic nitrogens is 2. The quantitative estimate of drug-likeness (QED) is 0.282. The van der Waals surface area contributed by atoms with Crippen molar-refractivity contribution in [3.05, 3.63) is 77.1 Å². The first-order valence-corrected chi connectivity index (χ1v) is 13.8. The van der Waals surface area contributed by atoms with E-state index in [0.29, 0.717) is 54.0 Å². The third-order valence-electron chi connectivity index (χ3n) is 6.93. The van der Waals surface area contributed by atoms with Crippen LogP contribution in [-0.4, -0.2) is 66.1 Å². The predicted octanol–water partition coefficient (Wildman–Crippen LogP) is 5.03. The van der Waals surface area contributed by atoms with E-state index in [-0.39, 0.29) is 22.7 Å². The van der Waals surface area contributed by atoms with Crippen LogP contribution < -0.4 is 24.8 Å². The van der Waals surface area contributed by atoms with E-state index in [4.69, 9.17) is 25.8 Å². The van der Waals surface area contributed by atoms with E-state index in [1.165, 1.54) is 19.0 Å². The third kappa shape index (κ3) is 6.34. The van der Waals surface area contributed by atoms with Gasteiger partial charge in [-0.3, -0.25) is 14.5 Å². The summed E-state index contributed by atoms with van der Waals surface area (Å²) in [6.07, 6.45) is 3.91. The number of likely N-dealkylation sites (tertiary alicyclic amines) is 1. The van der Waals surface area contributed by atoms with Crippen molar-refractivity contribution in [1.82, 2.24) is 14.9 Å². The highest BCUT2D eigenvalue weighted by atomic mass is 35.5. The molecule has 2 amide bonds. The number of rotatable bonds is 8. The standard InChI is InChI=1S/C30H28ClN5O5/c31-28-24(17-22(18-32-28)33-29(37)21-4-7-25-26(16-21)40-14-13-39-25)35-30(38)20-3-6-23-19(15-20)5-8-27(34-23)41-12-11-36-9-1-2-10-36/h3-8,15-18H,1-2,9-14H2,(H,33,37)(H,35,38). The highest BCUT2D eigenvalue weighted by molar-refractivity contribution is 6.32. The lowest BCUT2D eigenvalue weighted by Gasteiger charge is -2.18. The summed E-state index contributed by atoms with van der Waals surface area (Å²) < 4.78 is 16.9. The third-order valence-corrected chi connectivity index (χ3v) is 7.23. The van der Waals surface area contributed by atoms with Crippen molar-refractivity contribution in [3.8, 4) is 17.4 Å². The maximum absolute atomic E-state index is 13.1. The Morgan fingerprint density at radius 3 is 2.51 bits per heavy atom. The van der Waals surface area contributed by atoms with E-state index in [0.717, 1.165) is 30.5 Å². The van der Waals surface area contributed by atoms with Crippen LogP contribution in [0.15, 0.2) is 60.8 Å². The number of benzene rings is 2. The molecule has 6 rings (SSSR count). The predicted molar refractivity (Wildman–Crippen MR) is 155 cm³/mol. The molecule has 1 saturated heterocycles. The van der Waals surface area contributed by atoms with Crippen LogP contribution in [0.4, 0.5) is 11.4 Å². The van der Waals surface area contributed by atoms with Crippen molar-refractivity contribution in [3.63, 3.8) is 0 Å². The number of pyridine rings is 2. The molecule has 41 heavy (non-hydrogen) atoms. The Hall–Kier alpha value is -4.41. The zero-order valence-corrected chi connectivity index (χ0v) is 22.9. The highest BCUT2D eigenvalue weighted by Gasteiger charge is 2.17. The van der Waals surface area contributed by atoms with Crippen LogP contribution in [-0.2, 0) is 0 Å². The zero-order valence-electron chi connectivity index (χ0n) is 22.2. The summed E-state index contributed by atoms with van der Waals surface area (Å²) in [6.45, 7) is 4.61. The molecule has 0 atom stereocenters. The smallest absolute Gasteiger partial charge is 0.255 e. The second-order valence-corrected chi connectivity index (χ2v) is 10.1. The fraction of sp³-hybridized carbons (Fsp3) is 0.267. The summed E-state index contributed by atoms with van der Waals surface area (Å²) in [5.74, 6) is 0.915. The average Bonchev–Trinajstić information content (AvgIpc) is 3.52. The van der Waals surface area contributed by atoms with Crippen molar-refractivity contribution in [2.24, 2.45) is 0 Å². The number of fused-ring (bicyclic) bond motifs is 2. The van der Waals surface area contributed by atoms with Gasteiger partial charge >= 0.3 is 0 Å². The van der Waals surface area contributed by atoms with E-state index < -0.39 is 0 Å². The van der Waals surface area contributed by atoms with Gasteiger partial charge in [0.25, 0.3) is 11.8 Å². The van der Waals surface area contributed by atoms with Crippen LogP contribution in [0, 0.1) is 0 Å². The SMILES string of the molecule is O=C(Nc1cnc(Cl)c(NC(=O)c2ccc3nc(OCCN4CCCC4)ccc3c2)c1)c1ccc2c(c1)OCCO2. The maximum atomic E-state index is 13.1. The number of hydrogen-bond acceptors (Lipinski definition) is 8. The molecule has 2 N–H and O–H groups in total. The molecule has 210 valence electrons. The molecule has 0 radical (unpaired) electrons. The minimum absolute atomic E-state index is 0.0915. The van der Waals surface area contributed by atoms with Gasteiger partial charge in [0.05, 0.1) is 23.1 Å². The van der Waals surface area contributed by atoms with Crippen LogP contribution in [0.2, 0.25) is 5.15 Å². The molecule has 10 nitrogen and oxygen atoms in total. The van der Waals surface area contributed by atoms with Gasteiger partial charge in [0, 0.05) is 29.1 Å². The molecular formula is C30H28ClN5O5. The molecule has 0 spiro atoms. The Balaban J connectivity index is 1.10. The second-order valence-electron chi connectivity index (χ2n) is 9.78. The highest BCUT2D eigenvalue weighted by Crippen LogP contribution is 2.31. The number of nitrogens with one attached hydrogen (secondary N) is 2. The molecule has 2 aromatic carbocycles. The molecule has 0 saturated carbocycles. The normalized spacial score (nSPS) is 14.6. The van der Waals surface area contributed by atoms with Gasteiger partial charge in [-0.2, -0.15) is 0 Å². The summed E-state index contributed by atoms with van der Waals surface area (Å²) in [5.41, 5.74) is 2.16. The van der Waals surface area contributed by atoms with Crippen molar-refractivity contribution < 1.29 is 23.8 Å². The number of hydrogen-bond donors (Lipinski definition) is 2. The lowest BCUT2D eigenvalue weighted by molar-refractivity contribution is 0.101. The number of carbonyl (C=O) groups excluding carboxylic acids is 2. The number of amides is 2. The lowest BCUT2D eigenvalue weighted by Crippen LogP contribution is -2.25. The molecule has 11 heteroatoms. The van der Waals surface area contributed by atoms with Crippen LogP contribution in [0.1, 0.15) is 33.6 Å². The number of anilines is 2. The van der Waals surface area contributed by atoms with Gasteiger partial charge in [-0.05, 0) is 74.5 Å². The fourth-order valence-corrected chi connectivity index (χ4v) is 4.95. The fourth-order valence-electron chi connectivity index (χ4n) is 4.80. The maximum Gasteiger partial charge on any atom is 0.255 e. The molecule has 2 aromatic heterocycles. The lowest BCUT2D eigenvalue weighted by atomic mass is 10.1. The monoisotopic (exact) mass is 573 g/mol. The number of ether oxygens (including phenoxy) is 3. The largest absolute Gasteiger partial charge is 0.486 e. The molecule has 0 aliphatic carbocycles. The van der Waals surface area contributed by atoms with E-state index in [1.54, 1.807) is 42.5 Å². The summed E-state index contributed by atoms with van der Waals surface area (Å²) in [4.78, 5) is 37.0. The van der Waals surface area contributed by atoms with Gasteiger partial charge in [0.15, 0.2) is 16.7 Å². The molecule has 0 bridgehead atoms. The summed E-state index contributed by atoms with van der Waals surface area (Å²) in [5, 5.41) is 6.45. The van der Waals surface area contributed by atoms with Crippen LogP contribution >= 0.6 is 11.6 Å². The first kappa shape index (κ1) is 26.8. The summed E-state index contributed by atoms with van der Waals surface area (Å²) in [6, 6.07) is 15.4. The van der Waals surface area contributed by atoms with Gasteiger partial charge in [0.1, 0.15) is 19.8 Å². The van der Waals surface area contributed by atoms with Crippen molar-refractivity contribution >= 4 is 45.7 Å². The Kier molecular flexibility index (Phi) is 7.84. The van der Waals surface area contributed by atoms with Gasteiger partial charge in [0.2, 0.25) is 5.88 Å². The summed E-state index contributed by atoms with van der Waals surface area (Å²) >= 11 is 6.26. The second kappa shape index (κ2) is 12.0. The van der Waals surface area contributed by atoms with E-state index in [1.807, 2.05) is 12.1 Å². The Labute approximate surface area is 241 Å². The molecule has 2 aliphatic heterocycles. The molecule has 4 heterocycles. The first-order valence-electron chi connectivity index (χ1n) is 13.5.